The normalized spacial score (nSPS) is 28.9. The Hall–Kier alpha value is -1.82. The minimum Gasteiger partial charge on any atom is -0.480 e. The van der Waals surface area contributed by atoms with Gasteiger partial charge in [-0.25, -0.2) is 9.78 Å². The Morgan fingerprint density at radius 3 is 2.52 bits per heavy atom. The molecule has 4 rings (SSSR count). The number of carbonyl (C=O) groups excluding carboxylic acids is 1. The molecule has 0 aromatic carbocycles. The Balaban J connectivity index is 1.43. The molecule has 3 aliphatic rings. The van der Waals surface area contributed by atoms with E-state index in [4.69, 9.17) is 11.6 Å². The number of aliphatic carboxylic acids is 1. The number of hydrogen-bond donors (Lipinski definition) is 1. The topological polar surface area (TPSA) is 73.7 Å². The number of fused-ring (bicyclic) bond motifs is 1. The van der Waals surface area contributed by atoms with E-state index in [-0.39, 0.29) is 17.9 Å². The zero-order valence-corrected chi connectivity index (χ0v) is 16.1. The highest BCUT2D eigenvalue weighted by Crippen LogP contribution is 2.41. The number of anilines is 1. The molecule has 3 fully saturated rings. The van der Waals surface area contributed by atoms with E-state index >= 15 is 0 Å². The number of carboxylic acid groups (broad SMARTS) is 1. The number of pyridine rings is 1. The molecule has 27 heavy (non-hydrogen) atoms. The van der Waals surface area contributed by atoms with Gasteiger partial charge in [-0.05, 0) is 50.2 Å². The Kier molecular flexibility index (Phi) is 5.26. The molecule has 0 radical (unpaired) electrons. The number of piperidine rings is 1. The zero-order valence-electron chi connectivity index (χ0n) is 15.4. The molecule has 1 N–H and O–H groups in total. The summed E-state index contributed by atoms with van der Waals surface area (Å²) in [6, 6.07) is 3.22. The van der Waals surface area contributed by atoms with Crippen molar-refractivity contribution in [2.45, 2.75) is 57.0 Å². The lowest BCUT2D eigenvalue weighted by Gasteiger charge is -2.38. The number of amides is 1. The average Bonchev–Trinajstić information content (AvgIpc) is 3.08. The number of halogens is 1. The maximum atomic E-state index is 13.3. The Bertz CT molecular complexity index is 703. The maximum Gasteiger partial charge on any atom is 0.326 e. The smallest absolute Gasteiger partial charge is 0.326 e. The van der Waals surface area contributed by atoms with Crippen molar-refractivity contribution in [1.29, 1.82) is 0 Å². The van der Waals surface area contributed by atoms with Gasteiger partial charge in [0.2, 0.25) is 5.91 Å². The van der Waals surface area contributed by atoms with Crippen molar-refractivity contribution < 1.29 is 14.7 Å². The molecule has 7 heteroatoms. The van der Waals surface area contributed by atoms with Gasteiger partial charge >= 0.3 is 5.97 Å². The van der Waals surface area contributed by atoms with Crippen molar-refractivity contribution in [3.63, 3.8) is 0 Å². The van der Waals surface area contributed by atoms with Crippen molar-refractivity contribution in [3.8, 4) is 0 Å². The van der Waals surface area contributed by atoms with Crippen LogP contribution in [0.3, 0.4) is 0 Å². The minimum absolute atomic E-state index is 0.0560. The van der Waals surface area contributed by atoms with Crippen LogP contribution in [0.2, 0.25) is 5.02 Å². The first-order chi connectivity index (χ1) is 13.0. The van der Waals surface area contributed by atoms with Gasteiger partial charge in [0.1, 0.15) is 11.9 Å². The van der Waals surface area contributed by atoms with Gasteiger partial charge in [-0.3, -0.25) is 4.79 Å². The number of nitrogens with zero attached hydrogens (tertiary/aromatic N) is 3. The Morgan fingerprint density at radius 1 is 1.11 bits per heavy atom. The van der Waals surface area contributed by atoms with Crippen LogP contribution in [0.1, 0.15) is 44.9 Å². The fourth-order valence-corrected chi connectivity index (χ4v) is 5.23. The SMILES string of the molecule is O=C(O)[C@@H]1C[C@@H]2CCCC[C@@H]2N1C(=O)C1CCN(c2ccc(Cl)cn2)CC1. The van der Waals surface area contributed by atoms with E-state index in [1.165, 1.54) is 0 Å². The van der Waals surface area contributed by atoms with Crippen LogP contribution in [-0.4, -0.2) is 52.0 Å². The van der Waals surface area contributed by atoms with E-state index in [0.717, 1.165) is 57.4 Å². The van der Waals surface area contributed by atoms with Gasteiger partial charge in [-0.15, -0.1) is 0 Å². The highest BCUT2D eigenvalue weighted by Gasteiger charge is 2.48. The fourth-order valence-electron chi connectivity index (χ4n) is 5.12. The summed E-state index contributed by atoms with van der Waals surface area (Å²) in [6.07, 6.45) is 8.00. The summed E-state index contributed by atoms with van der Waals surface area (Å²) >= 11 is 5.90. The third kappa shape index (κ3) is 3.64. The van der Waals surface area contributed by atoms with Crippen LogP contribution in [0.4, 0.5) is 5.82 Å². The highest BCUT2D eigenvalue weighted by molar-refractivity contribution is 6.30. The Morgan fingerprint density at radius 2 is 1.85 bits per heavy atom. The third-order valence-electron chi connectivity index (χ3n) is 6.51. The number of hydrogen-bond acceptors (Lipinski definition) is 4. The predicted molar refractivity (Wildman–Crippen MR) is 103 cm³/mol. The van der Waals surface area contributed by atoms with Crippen LogP contribution >= 0.6 is 11.6 Å². The van der Waals surface area contributed by atoms with E-state index in [1.807, 2.05) is 12.1 Å². The number of likely N-dealkylation sites (tertiary alicyclic amines) is 1. The summed E-state index contributed by atoms with van der Waals surface area (Å²) < 4.78 is 0. The molecule has 0 bridgehead atoms. The van der Waals surface area contributed by atoms with Crippen molar-refractivity contribution in [2.75, 3.05) is 18.0 Å². The first-order valence-electron chi connectivity index (χ1n) is 9.96. The van der Waals surface area contributed by atoms with Gasteiger partial charge in [-0.1, -0.05) is 24.4 Å². The maximum absolute atomic E-state index is 13.3. The molecular weight excluding hydrogens is 366 g/mol. The second-order valence-electron chi connectivity index (χ2n) is 8.04. The van der Waals surface area contributed by atoms with Gasteiger partial charge in [0.15, 0.2) is 0 Å². The standard InChI is InChI=1S/C20H26ClN3O3/c21-15-5-6-18(22-12-15)23-9-7-13(8-10-23)19(25)24-16-4-2-1-3-14(16)11-17(24)20(26)27/h5-6,12-14,16-17H,1-4,7-11H2,(H,26,27)/t14-,16-,17-/m0/s1. The van der Waals surface area contributed by atoms with Crippen LogP contribution in [-0.2, 0) is 9.59 Å². The van der Waals surface area contributed by atoms with Crippen molar-refractivity contribution >= 4 is 29.3 Å². The summed E-state index contributed by atoms with van der Waals surface area (Å²) in [4.78, 5) is 33.3. The van der Waals surface area contributed by atoms with Gasteiger partial charge in [0.05, 0.1) is 5.02 Å². The van der Waals surface area contributed by atoms with Gasteiger partial charge in [0, 0.05) is 31.2 Å². The first kappa shape index (κ1) is 18.5. The van der Waals surface area contributed by atoms with Crippen LogP contribution < -0.4 is 4.90 Å². The molecule has 6 nitrogen and oxygen atoms in total. The second-order valence-corrected chi connectivity index (χ2v) is 8.48. The lowest BCUT2D eigenvalue weighted by Crippen LogP contribution is -2.50. The number of carboxylic acids is 1. The fraction of sp³-hybridized carbons (Fsp3) is 0.650. The summed E-state index contributed by atoms with van der Waals surface area (Å²) in [5.74, 6) is 0.363. The van der Waals surface area contributed by atoms with E-state index in [1.54, 1.807) is 11.1 Å². The van der Waals surface area contributed by atoms with Crippen molar-refractivity contribution in [2.24, 2.45) is 11.8 Å². The molecule has 146 valence electrons. The van der Waals surface area contributed by atoms with Crippen LogP contribution in [0, 0.1) is 11.8 Å². The Labute approximate surface area is 164 Å². The zero-order chi connectivity index (χ0) is 19.0. The van der Waals surface area contributed by atoms with E-state index in [2.05, 4.69) is 9.88 Å². The molecule has 1 aromatic rings. The van der Waals surface area contributed by atoms with E-state index < -0.39 is 12.0 Å². The number of aromatic nitrogens is 1. The van der Waals surface area contributed by atoms with Crippen molar-refractivity contribution in [3.05, 3.63) is 23.4 Å². The highest BCUT2D eigenvalue weighted by atomic mass is 35.5. The quantitative estimate of drug-likeness (QED) is 0.856. The van der Waals surface area contributed by atoms with Gasteiger partial charge in [0.25, 0.3) is 0 Å². The third-order valence-corrected chi connectivity index (χ3v) is 6.73. The first-order valence-corrected chi connectivity index (χ1v) is 10.3. The largest absolute Gasteiger partial charge is 0.480 e. The van der Waals surface area contributed by atoms with Crippen molar-refractivity contribution in [1.82, 2.24) is 9.88 Å². The molecule has 3 atom stereocenters. The van der Waals surface area contributed by atoms with E-state index in [9.17, 15) is 14.7 Å². The van der Waals surface area contributed by atoms with Crippen LogP contribution in [0.15, 0.2) is 18.3 Å². The lowest BCUT2D eigenvalue weighted by molar-refractivity contribution is -0.152. The molecule has 1 aromatic heterocycles. The molecule has 1 aliphatic carbocycles. The monoisotopic (exact) mass is 391 g/mol. The molecule has 0 unspecified atom stereocenters. The molecular formula is C20H26ClN3O3. The van der Waals surface area contributed by atoms with Gasteiger partial charge < -0.3 is 14.9 Å². The molecule has 0 spiro atoms. The summed E-state index contributed by atoms with van der Waals surface area (Å²) in [7, 11) is 0. The summed E-state index contributed by atoms with van der Waals surface area (Å²) in [5.41, 5.74) is 0. The van der Waals surface area contributed by atoms with Gasteiger partial charge in [-0.2, -0.15) is 0 Å². The van der Waals surface area contributed by atoms with E-state index in [0.29, 0.717) is 17.4 Å². The molecule has 2 saturated heterocycles. The van der Waals surface area contributed by atoms with Crippen LogP contribution in [0.25, 0.3) is 0 Å². The second kappa shape index (κ2) is 7.66. The molecule has 1 amide bonds. The number of carbonyl (C=O) groups is 2. The molecule has 3 heterocycles. The lowest BCUT2D eigenvalue weighted by atomic mass is 9.84. The number of rotatable bonds is 3. The molecule has 2 aliphatic heterocycles. The average molecular weight is 392 g/mol. The van der Waals surface area contributed by atoms with Crippen LogP contribution in [0.5, 0.6) is 0 Å². The predicted octanol–water partition coefficient (Wildman–Crippen LogP) is 3.20. The minimum atomic E-state index is -0.847. The molecule has 1 saturated carbocycles. The summed E-state index contributed by atoms with van der Waals surface area (Å²) in [6.45, 7) is 1.51. The summed E-state index contributed by atoms with van der Waals surface area (Å²) in [5, 5.41) is 10.3.